The van der Waals surface area contributed by atoms with Crippen molar-refractivity contribution in [2.75, 3.05) is 6.61 Å². The molecule has 1 aromatic carbocycles. The van der Waals surface area contributed by atoms with Crippen molar-refractivity contribution < 1.29 is 22.1 Å². The van der Waals surface area contributed by atoms with Crippen LogP contribution in [0, 0.1) is 12.8 Å². The highest BCUT2D eigenvalue weighted by atomic mass is 32.2. The smallest absolute Gasteiger partial charge is 0.410 e. The summed E-state index contributed by atoms with van der Waals surface area (Å²) in [5.41, 5.74) is 0.485. The molecule has 0 aromatic heterocycles. The van der Waals surface area contributed by atoms with E-state index in [9.17, 15) is 13.2 Å². The Morgan fingerprint density at radius 3 is 2.19 bits per heavy atom. The van der Waals surface area contributed by atoms with Crippen molar-refractivity contribution in [2.24, 2.45) is 5.92 Å². The number of aryl methyl sites for hydroxylation is 1. The van der Waals surface area contributed by atoms with E-state index in [4.69, 9.17) is 8.92 Å². The van der Waals surface area contributed by atoms with E-state index in [1.165, 1.54) is 0 Å². The molecule has 0 aliphatic carbocycles. The molecule has 0 N–H and O–H groups in total. The number of hydrogen-bond donors (Lipinski definition) is 0. The monoisotopic (exact) mass is 395 g/mol. The normalized spacial score (nSPS) is 25.5. The second-order valence-electron chi connectivity index (χ2n) is 8.66. The quantitative estimate of drug-likeness (QED) is 0.724. The van der Waals surface area contributed by atoms with E-state index in [-0.39, 0.29) is 35.6 Å². The Morgan fingerprint density at radius 1 is 1.11 bits per heavy atom. The van der Waals surface area contributed by atoms with Gasteiger partial charge < -0.3 is 9.64 Å². The van der Waals surface area contributed by atoms with Gasteiger partial charge in [0, 0.05) is 12.1 Å². The van der Waals surface area contributed by atoms with Gasteiger partial charge >= 0.3 is 6.09 Å². The van der Waals surface area contributed by atoms with Crippen LogP contribution in [0.2, 0.25) is 0 Å². The third-order valence-corrected chi connectivity index (χ3v) is 6.50. The van der Waals surface area contributed by atoms with E-state index in [1.54, 1.807) is 24.3 Å². The zero-order valence-electron chi connectivity index (χ0n) is 16.5. The van der Waals surface area contributed by atoms with Gasteiger partial charge in [0.05, 0.1) is 11.5 Å². The van der Waals surface area contributed by atoms with Crippen molar-refractivity contribution in [3.05, 3.63) is 29.8 Å². The Labute approximate surface area is 162 Å². The molecule has 2 atom stereocenters. The molecular formula is C20H29NO5S. The van der Waals surface area contributed by atoms with Gasteiger partial charge in [-0.3, -0.25) is 4.18 Å². The van der Waals surface area contributed by atoms with Gasteiger partial charge in [0.25, 0.3) is 10.1 Å². The lowest BCUT2D eigenvalue weighted by Crippen LogP contribution is -2.49. The maximum atomic E-state index is 12.5. The number of benzene rings is 1. The Kier molecular flexibility index (Phi) is 5.54. The maximum absolute atomic E-state index is 12.5. The van der Waals surface area contributed by atoms with Crippen LogP contribution in [0.15, 0.2) is 29.2 Å². The van der Waals surface area contributed by atoms with Gasteiger partial charge in [0.1, 0.15) is 5.60 Å². The topological polar surface area (TPSA) is 72.9 Å². The zero-order valence-corrected chi connectivity index (χ0v) is 17.3. The first-order valence-corrected chi connectivity index (χ1v) is 10.9. The standard InChI is InChI=1S/C20H29NO5S/c1-14-5-9-18(10-6-14)27(23,24)25-13-15-11-16-7-8-17(12-15)21(16)19(22)26-20(2,3)4/h5-6,9-10,15-17H,7-8,11-13H2,1-4H3. The third kappa shape index (κ3) is 4.82. The summed E-state index contributed by atoms with van der Waals surface area (Å²) in [4.78, 5) is 14.5. The average Bonchev–Trinajstić information content (AvgIpc) is 2.83. The second kappa shape index (κ2) is 7.43. The molecule has 2 fully saturated rings. The van der Waals surface area contributed by atoms with Crippen LogP contribution in [0.3, 0.4) is 0 Å². The van der Waals surface area contributed by atoms with Gasteiger partial charge in [-0.05, 0) is 71.4 Å². The van der Waals surface area contributed by atoms with E-state index in [0.29, 0.717) is 0 Å². The fourth-order valence-electron chi connectivity index (χ4n) is 4.00. The molecule has 27 heavy (non-hydrogen) atoms. The largest absolute Gasteiger partial charge is 0.444 e. The fraction of sp³-hybridized carbons (Fsp3) is 0.650. The van der Waals surface area contributed by atoms with Gasteiger partial charge in [-0.25, -0.2) is 4.79 Å². The van der Waals surface area contributed by atoms with Crippen molar-refractivity contribution in [3.8, 4) is 0 Å². The summed E-state index contributed by atoms with van der Waals surface area (Å²) < 4.78 is 35.6. The van der Waals surface area contributed by atoms with Crippen LogP contribution in [0.25, 0.3) is 0 Å². The molecule has 2 saturated heterocycles. The molecule has 0 spiro atoms. The summed E-state index contributed by atoms with van der Waals surface area (Å²) in [6.45, 7) is 7.66. The average molecular weight is 396 g/mol. The highest BCUT2D eigenvalue weighted by Crippen LogP contribution is 2.39. The molecule has 2 aliphatic rings. The Morgan fingerprint density at radius 2 is 1.67 bits per heavy atom. The van der Waals surface area contributed by atoms with Crippen molar-refractivity contribution in [1.82, 2.24) is 4.90 Å². The van der Waals surface area contributed by atoms with Crippen LogP contribution in [-0.2, 0) is 19.0 Å². The Bertz CT molecular complexity index is 768. The van der Waals surface area contributed by atoms with Gasteiger partial charge in [0.2, 0.25) is 0 Å². The third-order valence-electron chi connectivity index (χ3n) is 5.20. The molecule has 2 unspecified atom stereocenters. The lowest BCUT2D eigenvalue weighted by atomic mass is 9.92. The molecular weight excluding hydrogens is 366 g/mol. The minimum absolute atomic E-state index is 0.106. The Hall–Kier alpha value is -1.60. The highest BCUT2D eigenvalue weighted by molar-refractivity contribution is 7.86. The minimum Gasteiger partial charge on any atom is -0.444 e. The van der Waals surface area contributed by atoms with Crippen LogP contribution in [0.5, 0.6) is 0 Å². The number of rotatable bonds is 4. The molecule has 1 aromatic rings. The number of hydrogen-bond acceptors (Lipinski definition) is 5. The molecule has 2 heterocycles. The van der Waals surface area contributed by atoms with E-state index in [0.717, 1.165) is 31.2 Å². The van der Waals surface area contributed by atoms with Gasteiger partial charge in [0.15, 0.2) is 0 Å². The molecule has 0 radical (unpaired) electrons. The summed E-state index contributed by atoms with van der Waals surface area (Å²) in [5.74, 6) is 0.126. The summed E-state index contributed by atoms with van der Waals surface area (Å²) in [6.07, 6.45) is 3.11. The molecule has 2 bridgehead atoms. The summed E-state index contributed by atoms with van der Waals surface area (Å²) in [7, 11) is -3.75. The number of ether oxygens (including phenoxy) is 1. The maximum Gasteiger partial charge on any atom is 0.410 e. The number of amides is 1. The van der Waals surface area contributed by atoms with Crippen molar-refractivity contribution in [3.63, 3.8) is 0 Å². The SMILES string of the molecule is Cc1ccc(S(=O)(=O)OCC2CC3CCC(C2)N3C(=O)OC(C)(C)C)cc1. The minimum atomic E-state index is -3.75. The fourth-order valence-corrected chi connectivity index (χ4v) is 4.97. The van der Waals surface area contributed by atoms with Crippen LogP contribution >= 0.6 is 0 Å². The van der Waals surface area contributed by atoms with Crippen molar-refractivity contribution in [2.45, 2.75) is 76.0 Å². The van der Waals surface area contributed by atoms with Crippen molar-refractivity contribution in [1.29, 1.82) is 0 Å². The summed E-state index contributed by atoms with van der Waals surface area (Å²) in [6, 6.07) is 6.87. The Balaban J connectivity index is 1.59. The lowest BCUT2D eigenvalue weighted by molar-refractivity contribution is -0.000849. The van der Waals surface area contributed by atoms with E-state index in [1.807, 2.05) is 32.6 Å². The van der Waals surface area contributed by atoms with Crippen LogP contribution in [-0.4, -0.2) is 43.7 Å². The molecule has 3 rings (SSSR count). The molecule has 1 amide bonds. The lowest BCUT2D eigenvalue weighted by Gasteiger charge is -2.39. The van der Waals surface area contributed by atoms with Gasteiger partial charge in [-0.2, -0.15) is 8.42 Å². The van der Waals surface area contributed by atoms with Crippen molar-refractivity contribution >= 4 is 16.2 Å². The molecule has 6 nitrogen and oxygen atoms in total. The van der Waals surface area contributed by atoms with Gasteiger partial charge in [-0.15, -0.1) is 0 Å². The van der Waals surface area contributed by atoms with E-state index >= 15 is 0 Å². The second-order valence-corrected chi connectivity index (χ2v) is 10.3. The number of carbonyl (C=O) groups is 1. The van der Waals surface area contributed by atoms with E-state index in [2.05, 4.69) is 0 Å². The van der Waals surface area contributed by atoms with E-state index < -0.39 is 15.7 Å². The molecule has 7 heteroatoms. The van der Waals surface area contributed by atoms with Gasteiger partial charge in [-0.1, -0.05) is 17.7 Å². The predicted molar refractivity (Wildman–Crippen MR) is 102 cm³/mol. The molecule has 0 saturated carbocycles. The van der Waals surface area contributed by atoms with Crippen LogP contribution in [0.1, 0.15) is 52.0 Å². The zero-order chi connectivity index (χ0) is 19.8. The highest BCUT2D eigenvalue weighted by Gasteiger charge is 2.45. The first-order chi connectivity index (χ1) is 12.5. The number of nitrogens with zero attached hydrogens (tertiary/aromatic N) is 1. The number of fused-ring (bicyclic) bond motifs is 2. The summed E-state index contributed by atoms with van der Waals surface area (Å²) >= 11 is 0. The number of piperidine rings is 1. The van der Waals surface area contributed by atoms with Crippen LogP contribution in [0.4, 0.5) is 4.79 Å². The first-order valence-electron chi connectivity index (χ1n) is 9.52. The van der Waals surface area contributed by atoms with Crippen LogP contribution < -0.4 is 0 Å². The number of carbonyl (C=O) groups excluding carboxylic acids is 1. The summed E-state index contributed by atoms with van der Waals surface area (Å²) in [5, 5.41) is 0. The molecule has 2 aliphatic heterocycles. The predicted octanol–water partition coefficient (Wildman–Crippen LogP) is 3.88. The first kappa shape index (κ1) is 20.1. The molecule has 150 valence electrons.